The summed E-state index contributed by atoms with van der Waals surface area (Å²) in [5, 5.41) is 11.5. The molecule has 0 bridgehead atoms. The first-order valence-electron chi connectivity index (χ1n) is 7.44. The molecule has 8 heteroatoms. The largest absolute Gasteiger partial charge is 0.480 e. The second-order valence-corrected chi connectivity index (χ2v) is 7.24. The van der Waals surface area contributed by atoms with Crippen LogP contribution in [0.4, 0.5) is 0 Å². The first-order chi connectivity index (χ1) is 11.2. The average molecular weight is 354 g/mol. The maximum Gasteiger partial charge on any atom is 0.326 e. The van der Waals surface area contributed by atoms with Gasteiger partial charge in [-0.2, -0.15) is 0 Å². The highest BCUT2D eigenvalue weighted by atomic mass is 32.2. The standard InChI is InChI=1S/C16H22N2O5S/c1-4-5-6-14(16(20)21)17-15(19)12-7-9-13(10-8-12)24(22,23)18-11(2)3/h4,7-11,14,18H,1,5-6H2,2-3H3,(H,17,19)(H,20,21). The maximum atomic E-state index is 12.1. The summed E-state index contributed by atoms with van der Waals surface area (Å²) in [5.41, 5.74) is 0.184. The zero-order valence-corrected chi connectivity index (χ0v) is 14.5. The summed E-state index contributed by atoms with van der Waals surface area (Å²) >= 11 is 0. The van der Waals surface area contributed by atoms with Crippen LogP contribution in [0.3, 0.4) is 0 Å². The van der Waals surface area contributed by atoms with E-state index in [2.05, 4.69) is 16.6 Å². The Balaban J connectivity index is 2.86. The van der Waals surface area contributed by atoms with Crippen molar-refractivity contribution in [1.29, 1.82) is 0 Å². The summed E-state index contributed by atoms with van der Waals surface area (Å²) in [6, 6.07) is 4.02. The molecule has 1 unspecified atom stereocenters. The molecular formula is C16H22N2O5S. The molecule has 0 fully saturated rings. The van der Waals surface area contributed by atoms with Gasteiger partial charge in [-0.25, -0.2) is 17.9 Å². The molecule has 1 aromatic carbocycles. The van der Waals surface area contributed by atoms with Crippen LogP contribution in [0.2, 0.25) is 0 Å². The van der Waals surface area contributed by atoms with Gasteiger partial charge in [-0.05, 0) is 51.0 Å². The van der Waals surface area contributed by atoms with Gasteiger partial charge in [0.2, 0.25) is 10.0 Å². The summed E-state index contributed by atoms with van der Waals surface area (Å²) < 4.78 is 26.5. The van der Waals surface area contributed by atoms with Crippen LogP contribution in [0.15, 0.2) is 41.8 Å². The summed E-state index contributed by atoms with van der Waals surface area (Å²) in [4.78, 5) is 23.3. The van der Waals surface area contributed by atoms with Gasteiger partial charge in [0.25, 0.3) is 5.91 Å². The van der Waals surface area contributed by atoms with Gasteiger partial charge >= 0.3 is 5.97 Å². The Morgan fingerprint density at radius 1 is 1.25 bits per heavy atom. The Morgan fingerprint density at radius 3 is 2.29 bits per heavy atom. The Kier molecular flexibility index (Phi) is 7.12. The molecule has 7 nitrogen and oxygen atoms in total. The lowest BCUT2D eigenvalue weighted by atomic mass is 10.1. The monoisotopic (exact) mass is 354 g/mol. The topological polar surface area (TPSA) is 113 Å². The number of carbonyl (C=O) groups excluding carboxylic acids is 1. The smallest absolute Gasteiger partial charge is 0.326 e. The number of amides is 1. The molecule has 0 aliphatic carbocycles. The first kappa shape index (κ1) is 19.9. The van der Waals surface area contributed by atoms with Gasteiger partial charge in [0.05, 0.1) is 4.90 Å². The Morgan fingerprint density at radius 2 is 1.83 bits per heavy atom. The van der Waals surface area contributed by atoms with Crippen molar-refractivity contribution in [2.24, 2.45) is 0 Å². The number of benzene rings is 1. The molecule has 1 aromatic rings. The molecule has 3 N–H and O–H groups in total. The van der Waals surface area contributed by atoms with Gasteiger partial charge in [0, 0.05) is 11.6 Å². The zero-order chi connectivity index (χ0) is 18.3. The minimum absolute atomic E-state index is 0.0363. The number of hydrogen-bond donors (Lipinski definition) is 3. The lowest BCUT2D eigenvalue weighted by molar-refractivity contribution is -0.139. The van der Waals surface area contributed by atoms with Crippen LogP contribution in [0.1, 0.15) is 37.0 Å². The SMILES string of the molecule is C=CCCC(NC(=O)c1ccc(S(=O)(=O)NC(C)C)cc1)C(=O)O. The molecule has 0 saturated heterocycles. The van der Waals surface area contributed by atoms with Crippen molar-refractivity contribution in [2.45, 2.75) is 43.7 Å². The van der Waals surface area contributed by atoms with Crippen LogP contribution in [0, 0.1) is 0 Å². The minimum atomic E-state index is -3.64. The number of sulfonamides is 1. The van der Waals surface area contributed by atoms with Gasteiger partial charge in [0.1, 0.15) is 6.04 Å². The van der Waals surface area contributed by atoms with E-state index in [1.807, 2.05) is 0 Å². The van der Waals surface area contributed by atoms with Crippen molar-refractivity contribution in [3.63, 3.8) is 0 Å². The van der Waals surface area contributed by atoms with Crippen LogP contribution in [0.5, 0.6) is 0 Å². The number of hydrogen-bond acceptors (Lipinski definition) is 4. The molecule has 1 atom stereocenters. The fourth-order valence-corrected chi connectivity index (χ4v) is 3.20. The van der Waals surface area contributed by atoms with Crippen LogP contribution >= 0.6 is 0 Å². The van der Waals surface area contributed by atoms with Crippen LogP contribution in [-0.4, -0.2) is 37.5 Å². The van der Waals surface area contributed by atoms with Gasteiger partial charge < -0.3 is 10.4 Å². The first-order valence-corrected chi connectivity index (χ1v) is 8.92. The molecule has 24 heavy (non-hydrogen) atoms. The molecule has 0 aliphatic heterocycles. The van der Waals surface area contributed by atoms with Crippen molar-refractivity contribution in [2.75, 3.05) is 0 Å². The molecule has 0 radical (unpaired) electrons. The highest BCUT2D eigenvalue weighted by molar-refractivity contribution is 7.89. The minimum Gasteiger partial charge on any atom is -0.480 e. The van der Waals surface area contributed by atoms with Gasteiger partial charge in [-0.1, -0.05) is 6.08 Å². The summed E-state index contributed by atoms with van der Waals surface area (Å²) in [5.74, 6) is -1.71. The van der Waals surface area contributed by atoms with Crippen LogP contribution in [-0.2, 0) is 14.8 Å². The second kappa shape index (κ2) is 8.60. The number of carboxylic acids is 1. The van der Waals surface area contributed by atoms with E-state index in [0.717, 1.165) is 0 Å². The average Bonchev–Trinajstić information content (AvgIpc) is 2.49. The van der Waals surface area contributed by atoms with E-state index < -0.39 is 27.9 Å². The van der Waals surface area contributed by atoms with Crippen molar-refractivity contribution in [3.8, 4) is 0 Å². The van der Waals surface area contributed by atoms with Gasteiger partial charge in [-0.3, -0.25) is 4.79 Å². The van der Waals surface area contributed by atoms with E-state index in [1.165, 1.54) is 24.3 Å². The van der Waals surface area contributed by atoms with E-state index in [9.17, 15) is 18.0 Å². The fourth-order valence-electron chi connectivity index (χ4n) is 1.95. The highest BCUT2D eigenvalue weighted by Gasteiger charge is 2.21. The van der Waals surface area contributed by atoms with E-state index >= 15 is 0 Å². The maximum absolute atomic E-state index is 12.1. The van der Waals surface area contributed by atoms with Crippen LogP contribution < -0.4 is 10.0 Å². The zero-order valence-electron chi connectivity index (χ0n) is 13.7. The molecule has 0 aromatic heterocycles. The van der Waals surface area contributed by atoms with E-state index in [1.54, 1.807) is 19.9 Å². The predicted octanol–water partition coefficient (Wildman–Crippen LogP) is 1.52. The summed E-state index contributed by atoms with van der Waals surface area (Å²) in [6.45, 7) is 6.92. The highest BCUT2D eigenvalue weighted by Crippen LogP contribution is 2.12. The van der Waals surface area contributed by atoms with Crippen LogP contribution in [0.25, 0.3) is 0 Å². The molecule has 132 valence electrons. The molecule has 0 spiro atoms. The Labute approximate surface area is 141 Å². The van der Waals surface area contributed by atoms with Crippen molar-refractivity contribution in [3.05, 3.63) is 42.5 Å². The van der Waals surface area contributed by atoms with E-state index in [0.29, 0.717) is 6.42 Å². The third kappa shape index (κ3) is 5.78. The number of carbonyl (C=O) groups is 2. The molecule has 1 amide bonds. The number of rotatable bonds is 9. The normalized spacial score (nSPS) is 12.6. The fraction of sp³-hybridized carbons (Fsp3) is 0.375. The quantitative estimate of drug-likeness (QED) is 0.582. The van der Waals surface area contributed by atoms with Gasteiger partial charge in [0.15, 0.2) is 0 Å². The second-order valence-electron chi connectivity index (χ2n) is 5.53. The number of carboxylic acid groups (broad SMARTS) is 1. The summed E-state index contributed by atoms with van der Waals surface area (Å²) in [6.07, 6.45) is 2.26. The third-order valence-corrected chi connectivity index (χ3v) is 4.76. The number of nitrogens with one attached hydrogen (secondary N) is 2. The number of aliphatic carboxylic acids is 1. The Bertz CT molecular complexity index is 696. The molecule has 0 heterocycles. The van der Waals surface area contributed by atoms with E-state index in [4.69, 9.17) is 5.11 Å². The van der Waals surface area contributed by atoms with Gasteiger partial charge in [-0.15, -0.1) is 6.58 Å². The summed E-state index contributed by atoms with van der Waals surface area (Å²) in [7, 11) is -3.64. The molecular weight excluding hydrogens is 332 g/mol. The van der Waals surface area contributed by atoms with Crippen molar-refractivity contribution in [1.82, 2.24) is 10.0 Å². The third-order valence-electron chi connectivity index (χ3n) is 3.08. The predicted molar refractivity (Wildman–Crippen MR) is 90.2 cm³/mol. The van der Waals surface area contributed by atoms with E-state index in [-0.39, 0.29) is 22.9 Å². The number of allylic oxidation sites excluding steroid dienone is 1. The van der Waals surface area contributed by atoms with Crippen molar-refractivity contribution < 1.29 is 23.1 Å². The molecule has 0 aliphatic rings. The lowest BCUT2D eigenvalue weighted by Crippen LogP contribution is -2.40. The Hall–Kier alpha value is -2.19. The van der Waals surface area contributed by atoms with Crippen molar-refractivity contribution >= 4 is 21.9 Å². The lowest BCUT2D eigenvalue weighted by Gasteiger charge is -2.14. The molecule has 0 saturated carbocycles. The molecule has 1 rings (SSSR count).